The van der Waals surface area contributed by atoms with E-state index >= 15 is 0 Å². The van der Waals surface area contributed by atoms with Gasteiger partial charge in [-0.15, -0.1) is 12.3 Å². The zero-order chi connectivity index (χ0) is 9.78. The molecule has 0 aliphatic heterocycles. The Morgan fingerprint density at radius 1 is 1.08 bits per heavy atom. The molecule has 0 aliphatic rings. The smallest absolute Gasteiger partial charge is 0.146 e. The lowest BCUT2D eigenvalue weighted by Crippen LogP contribution is -2.02. The van der Waals surface area contributed by atoms with Crippen molar-refractivity contribution in [2.75, 3.05) is 20.0 Å². The van der Waals surface area contributed by atoms with Gasteiger partial charge >= 0.3 is 0 Å². The van der Waals surface area contributed by atoms with Crippen molar-refractivity contribution in [2.45, 2.75) is 39.0 Å². The van der Waals surface area contributed by atoms with Crippen molar-refractivity contribution in [2.24, 2.45) is 0 Å². The van der Waals surface area contributed by atoms with E-state index in [1.165, 1.54) is 0 Å². The first kappa shape index (κ1) is 12.5. The van der Waals surface area contributed by atoms with Gasteiger partial charge < -0.3 is 9.47 Å². The molecule has 76 valence electrons. The van der Waals surface area contributed by atoms with Crippen molar-refractivity contribution in [1.82, 2.24) is 0 Å². The molecule has 0 radical (unpaired) electrons. The fourth-order valence-corrected chi connectivity index (χ4v) is 0.929. The van der Waals surface area contributed by atoms with Crippen LogP contribution in [-0.4, -0.2) is 20.0 Å². The molecule has 0 unspecified atom stereocenters. The summed E-state index contributed by atoms with van der Waals surface area (Å²) in [5.74, 6) is 2.62. The van der Waals surface area contributed by atoms with Crippen LogP contribution in [0.25, 0.3) is 0 Å². The van der Waals surface area contributed by atoms with Gasteiger partial charge in [0.1, 0.15) is 6.79 Å². The lowest BCUT2D eigenvalue weighted by Gasteiger charge is -2.03. The van der Waals surface area contributed by atoms with Crippen molar-refractivity contribution in [1.29, 1.82) is 0 Å². The fraction of sp³-hybridized carbons (Fsp3) is 0.818. The van der Waals surface area contributed by atoms with E-state index in [-0.39, 0.29) is 0 Å². The van der Waals surface area contributed by atoms with Crippen LogP contribution >= 0.6 is 0 Å². The second-order valence-electron chi connectivity index (χ2n) is 2.95. The normalized spacial score (nSPS) is 9.85. The minimum Gasteiger partial charge on any atom is -0.355 e. The van der Waals surface area contributed by atoms with Crippen molar-refractivity contribution in [3.63, 3.8) is 0 Å². The predicted octanol–water partition coefficient (Wildman–Crippen LogP) is 2.58. The summed E-state index contributed by atoms with van der Waals surface area (Å²) in [4.78, 5) is 0. The highest BCUT2D eigenvalue weighted by Gasteiger charge is 1.89. The lowest BCUT2D eigenvalue weighted by molar-refractivity contribution is -0.0543. The van der Waals surface area contributed by atoms with Gasteiger partial charge in [0.05, 0.1) is 0 Å². The monoisotopic (exact) mass is 184 g/mol. The number of hydrogen-bond donors (Lipinski definition) is 0. The molecule has 0 aliphatic carbocycles. The van der Waals surface area contributed by atoms with E-state index in [4.69, 9.17) is 15.9 Å². The molecular formula is C11H20O2. The summed E-state index contributed by atoms with van der Waals surface area (Å²) >= 11 is 0. The number of unbranched alkanes of at least 4 members (excludes halogenated alkanes) is 3. The molecule has 0 atom stereocenters. The van der Waals surface area contributed by atoms with Gasteiger partial charge in [-0.05, 0) is 19.3 Å². The maximum Gasteiger partial charge on any atom is 0.146 e. The average molecular weight is 184 g/mol. The molecule has 13 heavy (non-hydrogen) atoms. The van der Waals surface area contributed by atoms with Crippen LogP contribution in [-0.2, 0) is 9.47 Å². The molecular weight excluding hydrogens is 164 g/mol. The Morgan fingerprint density at radius 3 is 2.54 bits per heavy atom. The molecule has 2 nitrogen and oxygen atoms in total. The first-order valence-electron chi connectivity index (χ1n) is 5.00. The van der Waals surface area contributed by atoms with Gasteiger partial charge in [0.15, 0.2) is 0 Å². The third-order valence-electron chi connectivity index (χ3n) is 1.62. The third kappa shape index (κ3) is 11.5. The summed E-state index contributed by atoms with van der Waals surface area (Å²) in [6.07, 6.45) is 10.4. The van der Waals surface area contributed by atoms with Gasteiger partial charge in [-0.25, -0.2) is 0 Å². The maximum absolute atomic E-state index is 5.24. The molecule has 0 saturated heterocycles. The zero-order valence-corrected chi connectivity index (χ0v) is 8.55. The summed E-state index contributed by atoms with van der Waals surface area (Å²) in [7, 11) is 0. The molecule has 0 bridgehead atoms. The van der Waals surface area contributed by atoms with Gasteiger partial charge in [0.25, 0.3) is 0 Å². The van der Waals surface area contributed by atoms with Crippen molar-refractivity contribution < 1.29 is 9.47 Å². The SMILES string of the molecule is C#CCCCCCOCOCCC. The summed E-state index contributed by atoms with van der Waals surface area (Å²) in [5.41, 5.74) is 0. The Labute approximate surface area is 81.6 Å². The Hall–Kier alpha value is -0.520. The molecule has 0 N–H and O–H groups in total. The Morgan fingerprint density at radius 2 is 1.85 bits per heavy atom. The van der Waals surface area contributed by atoms with Gasteiger partial charge in [0.2, 0.25) is 0 Å². The number of rotatable bonds is 9. The van der Waals surface area contributed by atoms with Gasteiger partial charge in [-0.2, -0.15) is 0 Å². The molecule has 0 rings (SSSR count). The van der Waals surface area contributed by atoms with Crippen LogP contribution in [0.4, 0.5) is 0 Å². The van der Waals surface area contributed by atoms with E-state index in [1.807, 2.05) is 0 Å². The molecule has 0 fully saturated rings. The predicted molar refractivity (Wildman–Crippen MR) is 54.4 cm³/mol. The van der Waals surface area contributed by atoms with Gasteiger partial charge in [0, 0.05) is 19.6 Å². The van der Waals surface area contributed by atoms with Gasteiger partial charge in [-0.3, -0.25) is 0 Å². The number of terminal acetylenes is 1. The number of ether oxygens (including phenoxy) is 2. The van der Waals surface area contributed by atoms with Crippen molar-refractivity contribution in [3.8, 4) is 12.3 Å². The minimum atomic E-state index is 0.434. The largest absolute Gasteiger partial charge is 0.355 e. The first-order chi connectivity index (χ1) is 6.41. The topological polar surface area (TPSA) is 18.5 Å². The summed E-state index contributed by atoms with van der Waals surface area (Å²) < 4.78 is 10.4. The van der Waals surface area contributed by atoms with E-state index in [2.05, 4.69) is 12.8 Å². The molecule has 0 heterocycles. The van der Waals surface area contributed by atoms with Crippen LogP contribution < -0.4 is 0 Å². The van der Waals surface area contributed by atoms with E-state index < -0.39 is 0 Å². The zero-order valence-electron chi connectivity index (χ0n) is 8.55. The van der Waals surface area contributed by atoms with Crippen LogP contribution in [0.5, 0.6) is 0 Å². The minimum absolute atomic E-state index is 0.434. The Balaban J connectivity index is 2.80. The highest BCUT2D eigenvalue weighted by Crippen LogP contribution is 1.98. The molecule has 0 amide bonds. The summed E-state index contributed by atoms with van der Waals surface area (Å²) in [5, 5.41) is 0. The van der Waals surface area contributed by atoms with E-state index in [9.17, 15) is 0 Å². The van der Waals surface area contributed by atoms with Crippen LogP contribution in [0.1, 0.15) is 39.0 Å². The highest BCUT2D eigenvalue weighted by molar-refractivity contribution is 4.82. The second-order valence-corrected chi connectivity index (χ2v) is 2.95. The first-order valence-corrected chi connectivity index (χ1v) is 5.00. The van der Waals surface area contributed by atoms with E-state index in [0.29, 0.717) is 6.79 Å². The van der Waals surface area contributed by atoms with E-state index in [0.717, 1.165) is 45.3 Å². The Bertz CT molecular complexity index is 127. The third-order valence-corrected chi connectivity index (χ3v) is 1.62. The molecule has 0 aromatic rings. The molecule has 2 heteroatoms. The maximum atomic E-state index is 5.24. The van der Waals surface area contributed by atoms with E-state index in [1.54, 1.807) is 0 Å². The van der Waals surface area contributed by atoms with Crippen molar-refractivity contribution in [3.05, 3.63) is 0 Å². The molecule has 0 saturated carbocycles. The fourth-order valence-electron chi connectivity index (χ4n) is 0.929. The average Bonchev–Trinajstić information content (AvgIpc) is 2.16. The summed E-state index contributed by atoms with van der Waals surface area (Å²) in [6, 6.07) is 0. The lowest BCUT2D eigenvalue weighted by atomic mass is 10.2. The van der Waals surface area contributed by atoms with Crippen LogP contribution in [0, 0.1) is 12.3 Å². The second kappa shape index (κ2) is 11.5. The van der Waals surface area contributed by atoms with Crippen LogP contribution in [0.3, 0.4) is 0 Å². The molecule has 0 spiro atoms. The highest BCUT2D eigenvalue weighted by atomic mass is 16.7. The van der Waals surface area contributed by atoms with Gasteiger partial charge in [-0.1, -0.05) is 13.3 Å². The Kier molecular flexibility index (Phi) is 11.0. The molecule has 0 aromatic carbocycles. The van der Waals surface area contributed by atoms with Crippen LogP contribution in [0.15, 0.2) is 0 Å². The standard InChI is InChI=1S/C11H20O2/c1-3-5-6-7-8-10-13-11-12-9-4-2/h1H,4-11H2,2H3. The summed E-state index contributed by atoms with van der Waals surface area (Å²) in [6.45, 7) is 4.09. The van der Waals surface area contributed by atoms with Crippen LogP contribution in [0.2, 0.25) is 0 Å². The quantitative estimate of drug-likeness (QED) is 0.311. The van der Waals surface area contributed by atoms with Crippen molar-refractivity contribution >= 4 is 0 Å². The molecule has 0 aromatic heterocycles. The number of hydrogen-bond acceptors (Lipinski definition) is 2.